The predicted octanol–water partition coefficient (Wildman–Crippen LogP) is 4.39. The van der Waals surface area contributed by atoms with Gasteiger partial charge in [-0.2, -0.15) is 0 Å². The van der Waals surface area contributed by atoms with Crippen molar-refractivity contribution in [3.8, 4) is 0 Å². The van der Waals surface area contributed by atoms with Crippen LogP contribution in [0.3, 0.4) is 0 Å². The van der Waals surface area contributed by atoms with E-state index in [4.69, 9.17) is 11.6 Å². The van der Waals surface area contributed by atoms with Gasteiger partial charge in [-0.15, -0.1) is 0 Å². The average Bonchev–Trinajstić information content (AvgIpc) is 2.43. The van der Waals surface area contributed by atoms with Crippen LogP contribution in [0.4, 0.5) is 0 Å². The highest BCUT2D eigenvalue weighted by molar-refractivity contribution is 9.11. The quantitative estimate of drug-likeness (QED) is 0.730. The van der Waals surface area contributed by atoms with Gasteiger partial charge >= 0.3 is 0 Å². The topological polar surface area (TPSA) is 46.2 Å². The smallest absolute Gasteiger partial charge is 0.211 e. The normalized spacial score (nSPS) is 11.6. The molecule has 2 aromatic carbocycles. The highest BCUT2D eigenvalue weighted by Gasteiger charge is 2.17. The van der Waals surface area contributed by atoms with E-state index in [-0.39, 0.29) is 4.90 Å². The van der Waals surface area contributed by atoms with Crippen molar-refractivity contribution in [2.75, 3.05) is 6.54 Å². The van der Waals surface area contributed by atoms with Crippen LogP contribution < -0.4 is 4.72 Å². The summed E-state index contributed by atoms with van der Waals surface area (Å²) in [5.41, 5.74) is 1.02. The van der Waals surface area contributed by atoms with Crippen LogP contribution in [0.15, 0.2) is 56.3 Å². The van der Waals surface area contributed by atoms with Crippen molar-refractivity contribution in [1.82, 2.24) is 4.72 Å². The molecule has 2 aromatic rings. The molecule has 0 spiro atoms. The zero-order chi connectivity index (χ0) is 15.5. The van der Waals surface area contributed by atoms with Gasteiger partial charge in [0.25, 0.3) is 0 Å². The third-order valence-corrected chi connectivity index (χ3v) is 6.00. The molecule has 0 aromatic heterocycles. The number of nitrogens with one attached hydrogen (secondary N) is 1. The summed E-state index contributed by atoms with van der Waals surface area (Å²) in [6.45, 7) is 0.322. The van der Waals surface area contributed by atoms with Gasteiger partial charge in [-0.1, -0.05) is 39.7 Å². The second kappa shape index (κ2) is 7.24. The molecule has 21 heavy (non-hydrogen) atoms. The third-order valence-electron chi connectivity index (χ3n) is 2.80. The summed E-state index contributed by atoms with van der Waals surface area (Å²) >= 11 is 12.3. The molecule has 7 heteroatoms. The fourth-order valence-electron chi connectivity index (χ4n) is 1.74. The van der Waals surface area contributed by atoms with E-state index in [1.54, 1.807) is 30.3 Å². The highest BCUT2D eigenvalue weighted by Crippen LogP contribution is 2.25. The molecule has 0 radical (unpaired) electrons. The first-order valence-corrected chi connectivity index (χ1v) is 9.52. The van der Waals surface area contributed by atoms with E-state index in [0.717, 1.165) is 5.56 Å². The molecule has 0 heterocycles. The van der Waals surface area contributed by atoms with E-state index < -0.39 is 10.0 Å². The summed E-state index contributed by atoms with van der Waals surface area (Å²) in [7, 11) is -3.54. The van der Waals surface area contributed by atoms with Crippen molar-refractivity contribution in [3.63, 3.8) is 0 Å². The summed E-state index contributed by atoms with van der Waals surface area (Å²) < 4.78 is 28.4. The third kappa shape index (κ3) is 4.79. The molecule has 0 bridgehead atoms. The van der Waals surface area contributed by atoms with E-state index in [1.165, 1.54) is 0 Å². The zero-order valence-electron chi connectivity index (χ0n) is 10.8. The Balaban J connectivity index is 2.04. The molecule has 0 saturated carbocycles. The Hall–Kier alpha value is -0.400. The van der Waals surface area contributed by atoms with Gasteiger partial charge in [-0.05, 0) is 58.2 Å². The Morgan fingerprint density at radius 2 is 1.71 bits per heavy atom. The molecule has 3 nitrogen and oxygen atoms in total. The molecule has 0 unspecified atom stereocenters. The van der Waals surface area contributed by atoms with E-state index in [9.17, 15) is 8.42 Å². The Bertz CT molecular complexity index is 733. The Kier molecular flexibility index (Phi) is 5.85. The van der Waals surface area contributed by atoms with E-state index in [2.05, 4.69) is 36.6 Å². The van der Waals surface area contributed by atoms with Crippen LogP contribution in [-0.2, 0) is 16.4 Å². The van der Waals surface area contributed by atoms with Crippen molar-refractivity contribution in [3.05, 3.63) is 62.0 Å². The second-order valence-electron chi connectivity index (χ2n) is 4.35. The van der Waals surface area contributed by atoms with Gasteiger partial charge in [0.15, 0.2) is 0 Å². The first-order valence-electron chi connectivity index (χ1n) is 6.08. The largest absolute Gasteiger partial charge is 0.241 e. The standard InChI is InChI=1S/C14H12Br2ClNO2S/c15-11-3-6-13(16)14(9-11)21(19,20)18-8-7-10-1-4-12(17)5-2-10/h1-6,9,18H,7-8H2. The van der Waals surface area contributed by atoms with E-state index in [1.807, 2.05) is 12.1 Å². The first-order chi connectivity index (χ1) is 9.88. The van der Waals surface area contributed by atoms with Gasteiger partial charge in [0.2, 0.25) is 10.0 Å². The monoisotopic (exact) mass is 451 g/mol. The lowest BCUT2D eigenvalue weighted by atomic mass is 10.2. The van der Waals surface area contributed by atoms with Crippen LogP contribution in [0.1, 0.15) is 5.56 Å². The van der Waals surface area contributed by atoms with Crippen LogP contribution in [0, 0.1) is 0 Å². The number of halogens is 3. The number of benzene rings is 2. The molecule has 0 saturated heterocycles. The number of sulfonamides is 1. The van der Waals surface area contributed by atoms with Crippen molar-refractivity contribution >= 4 is 53.5 Å². The van der Waals surface area contributed by atoms with Gasteiger partial charge in [0, 0.05) is 20.5 Å². The lowest BCUT2D eigenvalue weighted by Crippen LogP contribution is -2.26. The molecule has 0 aliphatic heterocycles. The average molecular weight is 454 g/mol. The maximum Gasteiger partial charge on any atom is 0.241 e. The van der Waals surface area contributed by atoms with Crippen molar-refractivity contribution in [1.29, 1.82) is 0 Å². The lowest BCUT2D eigenvalue weighted by Gasteiger charge is -2.09. The SMILES string of the molecule is O=S(=O)(NCCc1ccc(Cl)cc1)c1cc(Br)ccc1Br. The van der Waals surface area contributed by atoms with E-state index >= 15 is 0 Å². The van der Waals surface area contributed by atoms with Gasteiger partial charge in [0.1, 0.15) is 0 Å². The minimum absolute atomic E-state index is 0.216. The number of rotatable bonds is 5. The molecule has 0 aliphatic carbocycles. The molecule has 0 amide bonds. The van der Waals surface area contributed by atoms with Gasteiger partial charge < -0.3 is 0 Å². The summed E-state index contributed by atoms with van der Waals surface area (Å²) in [5.74, 6) is 0. The minimum Gasteiger partial charge on any atom is -0.211 e. The molecule has 0 atom stereocenters. The van der Waals surface area contributed by atoms with Gasteiger partial charge in [0.05, 0.1) is 4.90 Å². The molecular formula is C14H12Br2ClNO2S. The van der Waals surface area contributed by atoms with E-state index in [0.29, 0.717) is 26.9 Å². The predicted molar refractivity (Wildman–Crippen MR) is 92.2 cm³/mol. The summed E-state index contributed by atoms with van der Waals surface area (Å²) in [6, 6.07) is 12.4. The maximum absolute atomic E-state index is 12.3. The summed E-state index contributed by atoms with van der Waals surface area (Å²) in [6.07, 6.45) is 0.599. The summed E-state index contributed by atoms with van der Waals surface area (Å²) in [4.78, 5) is 0.216. The molecule has 112 valence electrons. The first kappa shape index (κ1) is 17.0. The Morgan fingerprint density at radius 1 is 1.05 bits per heavy atom. The maximum atomic E-state index is 12.3. The zero-order valence-corrected chi connectivity index (χ0v) is 15.6. The van der Waals surface area contributed by atoms with Crippen LogP contribution in [0.2, 0.25) is 5.02 Å². The van der Waals surface area contributed by atoms with Crippen molar-refractivity contribution in [2.24, 2.45) is 0 Å². The highest BCUT2D eigenvalue weighted by atomic mass is 79.9. The number of hydrogen-bond acceptors (Lipinski definition) is 2. The summed E-state index contributed by atoms with van der Waals surface area (Å²) in [5, 5.41) is 0.664. The van der Waals surface area contributed by atoms with Crippen LogP contribution >= 0.6 is 43.5 Å². The van der Waals surface area contributed by atoms with Crippen molar-refractivity contribution < 1.29 is 8.42 Å². The lowest BCUT2D eigenvalue weighted by molar-refractivity contribution is 0.581. The van der Waals surface area contributed by atoms with Crippen LogP contribution in [0.25, 0.3) is 0 Å². The molecular weight excluding hydrogens is 441 g/mol. The van der Waals surface area contributed by atoms with Crippen LogP contribution in [-0.4, -0.2) is 15.0 Å². The fraction of sp³-hybridized carbons (Fsp3) is 0.143. The minimum atomic E-state index is -3.54. The number of hydrogen-bond donors (Lipinski definition) is 1. The molecule has 0 fully saturated rings. The molecule has 1 N–H and O–H groups in total. The van der Waals surface area contributed by atoms with Gasteiger partial charge in [-0.25, -0.2) is 13.1 Å². The molecule has 2 rings (SSSR count). The van der Waals surface area contributed by atoms with Crippen LogP contribution in [0.5, 0.6) is 0 Å². The van der Waals surface area contributed by atoms with Crippen molar-refractivity contribution in [2.45, 2.75) is 11.3 Å². The molecule has 0 aliphatic rings. The fourth-order valence-corrected chi connectivity index (χ4v) is 4.40. The van der Waals surface area contributed by atoms with Gasteiger partial charge in [-0.3, -0.25) is 0 Å². The Morgan fingerprint density at radius 3 is 2.38 bits per heavy atom. The second-order valence-corrected chi connectivity index (χ2v) is 8.29. The Labute approximate surface area is 146 Å².